The summed E-state index contributed by atoms with van der Waals surface area (Å²) < 4.78 is 13.9. The first kappa shape index (κ1) is 15.7. The predicted octanol–water partition coefficient (Wildman–Crippen LogP) is 3.36. The molecule has 0 saturated carbocycles. The van der Waals surface area contributed by atoms with Crippen LogP contribution in [0.4, 0.5) is 10.1 Å². The molecule has 7 heteroatoms. The molecule has 1 amide bonds. The fraction of sp³-hybridized carbons (Fsp3) is 0.500. The number of hydrogen-bond acceptors (Lipinski definition) is 3. The third-order valence-electron chi connectivity index (χ3n) is 3.70. The SMILES string of the molecule is O=C(c1ccc([N+](=O)[O-])cc1F)N1CCCC1CCCCl. The second kappa shape index (κ2) is 6.85. The molecule has 0 aromatic heterocycles. The molecule has 1 unspecified atom stereocenters. The molecule has 1 aliphatic rings. The molecule has 114 valence electrons. The van der Waals surface area contributed by atoms with Gasteiger partial charge in [-0.25, -0.2) is 4.39 Å². The lowest BCUT2D eigenvalue weighted by Crippen LogP contribution is -2.36. The van der Waals surface area contributed by atoms with Crippen molar-refractivity contribution in [3.05, 3.63) is 39.7 Å². The molecular weight excluding hydrogens is 299 g/mol. The molecule has 0 N–H and O–H groups in total. The molecule has 1 aliphatic heterocycles. The Labute approximate surface area is 126 Å². The topological polar surface area (TPSA) is 63.4 Å². The first-order valence-corrected chi connectivity index (χ1v) is 7.39. The molecule has 1 aromatic rings. The number of likely N-dealkylation sites (tertiary alicyclic amines) is 1. The van der Waals surface area contributed by atoms with Crippen molar-refractivity contribution in [2.45, 2.75) is 31.7 Å². The number of benzene rings is 1. The van der Waals surface area contributed by atoms with Gasteiger partial charge in [0.15, 0.2) is 0 Å². The highest BCUT2D eigenvalue weighted by atomic mass is 35.5. The van der Waals surface area contributed by atoms with E-state index in [0.717, 1.165) is 37.8 Å². The summed E-state index contributed by atoms with van der Waals surface area (Å²) in [5.74, 6) is -0.721. The zero-order valence-corrected chi connectivity index (χ0v) is 12.2. The molecule has 0 radical (unpaired) electrons. The Bertz CT molecular complexity index is 553. The van der Waals surface area contributed by atoms with Crippen molar-refractivity contribution in [2.75, 3.05) is 12.4 Å². The third kappa shape index (κ3) is 3.50. The number of carbonyl (C=O) groups excluding carboxylic acids is 1. The van der Waals surface area contributed by atoms with Crippen molar-refractivity contribution in [2.24, 2.45) is 0 Å². The molecule has 1 saturated heterocycles. The van der Waals surface area contributed by atoms with Crippen LogP contribution in [0, 0.1) is 15.9 Å². The van der Waals surface area contributed by atoms with Crippen LogP contribution >= 0.6 is 11.6 Å². The number of rotatable bonds is 5. The van der Waals surface area contributed by atoms with Gasteiger partial charge in [0.05, 0.1) is 16.6 Å². The number of hydrogen-bond donors (Lipinski definition) is 0. The molecule has 1 fully saturated rings. The smallest absolute Gasteiger partial charge is 0.272 e. The molecular formula is C14H16ClFN2O3. The lowest BCUT2D eigenvalue weighted by molar-refractivity contribution is -0.385. The minimum absolute atomic E-state index is 0.0749. The van der Waals surface area contributed by atoms with Gasteiger partial charge in [-0.1, -0.05) is 0 Å². The predicted molar refractivity (Wildman–Crippen MR) is 77.1 cm³/mol. The number of alkyl halides is 1. The molecule has 1 heterocycles. The maximum absolute atomic E-state index is 13.9. The molecule has 0 aliphatic carbocycles. The van der Waals surface area contributed by atoms with E-state index < -0.39 is 16.6 Å². The van der Waals surface area contributed by atoms with Crippen LogP contribution in [0.2, 0.25) is 0 Å². The van der Waals surface area contributed by atoms with Gasteiger partial charge in [0.1, 0.15) is 5.82 Å². The van der Waals surface area contributed by atoms with Crippen molar-refractivity contribution in [1.82, 2.24) is 4.90 Å². The Kier molecular flexibility index (Phi) is 5.12. The molecule has 0 spiro atoms. The van der Waals surface area contributed by atoms with E-state index in [0.29, 0.717) is 12.4 Å². The number of non-ortho nitro benzene ring substituents is 1. The van der Waals surface area contributed by atoms with Crippen LogP contribution in [0.5, 0.6) is 0 Å². The summed E-state index contributed by atoms with van der Waals surface area (Å²) in [6.07, 6.45) is 3.37. The first-order valence-electron chi connectivity index (χ1n) is 6.85. The summed E-state index contributed by atoms with van der Waals surface area (Å²) in [4.78, 5) is 24.0. The van der Waals surface area contributed by atoms with Gasteiger partial charge in [0.25, 0.3) is 11.6 Å². The molecule has 21 heavy (non-hydrogen) atoms. The zero-order valence-electron chi connectivity index (χ0n) is 11.4. The van der Waals surface area contributed by atoms with Crippen molar-refractivity contribution in [3.8, 4) is 0 Å². The quantitative estimate of drug-likeness (QED) is 0.475. The van der Waals surface area contributed by atoms with Crippen LogP contribution in [0.15, 0.2) is 18.2 Å². The highest BCUT2D eigenvalue weighted by Crippen LogP contribution is 2.25. The summed E-state index contributed by atoms with van der Waals surface area (Å²) in [6.45, 7) is 0.586. The van der Waals surface area contributed by atoms with Gasteiger partial charge in [0, 0.05) is 24.5 Å². The van der Waals surface area contributed by atoms with Crippen LogP contribution in [-0.4, -0.2) is 34.2 Å². The number of nitro benzene ring substituents is 1. The highest BCUT2D eigenvalue weighted by Gasteiger charge is 2.30. The molecule has 1 aromatic carbocycles. The molecule has 0 bridgehead atoms. The standard InChI is InChI=1S/C14H16ClFN2O3/c15-7-1-3-10-4-2-8-17(10)14(19)12-6-5-11(18(20)21)9-13(12)16/h5-6,9-10H,1-4,7-8H2. The molecule has 5 nitrogen and oxygen atoms in total. The van der Waals surface area contributed by atoms with Gasteiger partial charge in [-0.3, -0.25) is 14.9 Å². The van der Waals surface area contributed by atoms with Crippen LogP contribution in [0.25, 0.3) is 0 Å². The normalized spacial score (nSPS) is 18.0. The van der Waals surface area contributed by atoms with Gasteiger partial charge < -0.3 is 4.90 Å². The van der Waals surface area contributed by atoms with E-state index in [4.69, 9.17) is 11.6 Å². The third-order valence-corrected chi connectivity index (χ3v) is 3.97. The number of nitrogens with zero attached hydrogens (tertiary/aromatic N) is 2. The maximum atomic E-state index is 13.9. The summed E-state index contributed by atoms with van der Waals surface area (Å²) in [7, 11) is 0. The van der Waals surface area contributed by atoms with Gasteiger partial charge in [-0.2, -0.15) is 0 Å². The maximum Gasteiger partial charge on any atom is 0.272 e. The largest absolute Gasteiger partial charge is 0.336 e. The lowest BCUT2D eigenvalue weighted by Gasteiger charge is -2.24. The van der Waals surface area contributed by atoms with E-state index in [2.05, 4.69) is 0 Å². The zero-order chi connectivity index (χ0) is 15.4. The van der Waals surface area contributed by atoms with E-state index in [-0.39, 0.29) is 17.3 Å². The lowest BCUT2D eigenvalue weighted by atomic mass is 10.1. The monoisotopic (exact) mass is 314 g/mol. The van der Waals surface area contributed by atoms with Gasteiger partial charge >= 0.3 is 0 Å². The van der Waals surface area contributed by atoms with Crippen molar-refractivity contribution in [1.29, 1.82) is 0 Å². The Morgan fingerprint density at radius 1 is 1.52 bits per heavy atom. The Hall–Kier alpha value is -1.69. The second-order valence-electron chi connectivity index (χ2n) is 5.05. The number of halogens is 2. The summed E-state index contributed by atoms with van der Waals surface area (Å²) in [6, 6.07) is 3.20. The van der Waals surface area contributed by atoms with E-state index in [9.17, 15) is 19.3 Å². The average Bonchev–Trinajstić information content (AvgIpc) is 2.92. The Balaban J connectivity index is 2.17. The minimum atomic E-state index is -0.850. The molecule has 2 rings (SSSR count). The minimum Gasteiger partial charge on any atom is -0.336 e. The van der Waals surface area contributed by atoms with Crippen LogP contribution in [-0.2, 0) is 0 Å². The Morgan fingerprint density at radius 3 is 2.90 bits per heavy atom. The van der Waals surface area contributed by atoms with E-state index in [1.807, 2.05) is 0 Å². The number of amides is 1. The summed E-state index contributed by atoms with van der Waals surface area (Å²) >= 11 is 5.67. The number of nitro groups is 1. The fourth-order valence-corrected chi connectivity index (χ4v) is 2.82. The van der Waals surface area contributed by atoms with Gasteiger partial charge in [-0.15, -0.1) is 11.6 Å². The van der Waals surface area contributed by atoms with Crippen molar-refractivity contribution in [3.63, 3.8) is 0 Å². The van der Waals surface area contributed by atoms with E-state index >= 15 is 0 Å². The van der Waals surface area contributed by atoms with E-state index in [1.54, 1.807) is 4.90 Å². The highest BCUT2D eigenvalue weighted by molar-refractivity contribution is 6.17. The fourth-order valence-electron chi connectivity index (χ4n) is 2.66. The van der Waals surface area contributed by atoms with Crippen LogP contribution in [0.3, 0.4) is 0 Å². The Morgan fingerprint density at radius 2 is 2.29 bits per heavy atom. The van der Waals surface area contributed by atoms with Gasteiger partial charge in [0.2, 0.25) is 0 Å². The van der Waals surface area contributed by atoms with Gasteiger partial charge in [-0.05, 0) is 31.7 Å². The first-order chi connectivity index (χ1) is 10.0. The number of carbonyl (C=O) groups is 1. The van der Waals surface area contributed by atoms with Crippen molar-refractivity contribution < 1.29 is 14.1 Å². The van der Waals surface area contributed by atoms with Crippen LogP contribution in [0.1, 0.15) is 36.0 Å². The second-order valence-corrected chi connectivity index (χ2v) is 5.43. The van der Waals surface area contributed by atoms with Crippen molar-refractivity contribution >= 4 is 23.2 Å². The van der Waals surface area contributed by atoms with E-state index in [1.165, 1.54) is 6.07 Å². The molecule has 1 atom stereocenters. The summed E-state index contributed by atoms with van der Waals surface area (Å²) in [5.41, 5.74) is -0.470. The summed E-state index contributed by atoms with van der Waals surface area (Å²) in [5, 5.41) is 10.6. The average molecular weight is 315 g/mol. The van der Waals surface area contributed by atoms with Crippen LogP contribution < -0.4 is 0 Å².